The van der Waals surface area contributed by atoms with Crippen molar-refractivity contribution in [3.8, 4) is 11.5 Å². The molecule has 0 aliphatic heterocycles. The van der Waals surface area contributed by atoms with Crippen LogP contribution in [0.3, 0.4) is 0 Å². The van der Waals surface area contributed by atoms with Gasteiger partial charge in [0.25, 0.3) is 0 Å². The second-order valence-electron chi connectivity index (χ2n) is 5.58. The van der Waals surface area contributed by atoms with Crippen LogP contribution in [0.25, 0.3) is 5.57 Å². The van der Waals surface area contributed by atoms with Gasteiger partial charge in [0.1, 0.15) is 17.1 Å². The van der Waals surface area contributed by atoms with Gasteiger partial charge in [0.15, 0.2) is 0 Å². The zero-order chi connectivity index (χ0) is 17.5. The highest BCUT2D eigenvalue weighted by Gasteiger charge is 2.18. The zero-order valence-corrected chi connectivity index (χ0v) is 14.4. The number of methoxy groups -OCH3 is 2. The first-order chi connectivity index (χ1) is 11.6. The normalized spacial score (nSPS) is 11.3. The van der Waals surface area contributed by atoms with Gasteiger partial charge >= 0.3 is 5.97 Å². The molecule has 0 N–H and O–H groups in total. The molecule has 0 saturated carbocycles. The van der Waals surface area contributed by atoms with Crippen molar-refractivity contribution in [2.24, 2.45) is 0 Å². The van der Waals surface area contributed by atoms with E-state index in [1.807, 2.05) is 36.4 Å². The Hall–Kier alpha value is -2.75. The predicted octanol–water partition coefficient (Wildman–Crippen LogP) is 4.76. The number of para-hydroxylation sites is 1. The molecule has 126 valence electrons. The van der Waals surface area contributed by atoms with Crippen molar-refractivity contribution in [3.63, 3.8) is 0 Å². The Labute approximate surface area is 142 Å². The van der Waals surface area contributed by atoms with Gasteiger partial charge < -0.3 is 14.2 Å². The maximum absolute atomic E-state index is 12.0. The summed E-state index contributed by atoms with van der Waals surface area (Å²) >= 11 is 0. The minimum Gasteiger partial charge on any atom is -0.503 e. The third-order valence-electron chi connectivity index (χ3n) is 3.57. The van der Waals surface area contributed by atoms with Crippen LogP contribution in [0.5, 0.6) is 11.5 Å². The van der Waals surface area contributed by atoms with Gasteiger partial charge in [-0.2, -0.15) is 0 Å². The Bertz CT molecular complexity index is 732. The number of esters is 1. The largest absolute Gasteiger partial charge is 0.503 e. The Balaban J connectivity index is 2.40. The van der Waals surface area contributed by atoms with Crippen LogP contribution in [0.2, 0.25) is 0 Å². The molecule has 4 nitrogen and oxygen atoms in total. The second-order valence-corrected chi connectivity index (χ2v) is 5.58. The summed E-state index contributed by atoms with van der Waals surface area (Å²) in [5.41, 5.74) is 2.10. The lowest BCUT2D eigenvalue weighted by molar-refractivity contribution is -0.133. The topological polar surface area (TPSA) is 44.8 Å². The van der Waals surface area contributed by atoms with E-state index >= 15 is 0 Å². The molecular weight excluding hydrogens is 304 g/mol. The van der Waals surface area contributed by atoms with Crippen molar-refractivity contribution >= 4 is 11.5 Å². The summed E-state index contributed by atoms with van der Waals surface area (Å²) in [6.07, 6.45) is 1.36. The van der Waals surface area contributed by atoms with Crippen LogP contribution in [-0.4, -0.2) is 20.2 Å². The highest BCUT2D eigenvalue weighted by atomic mass is 16.5. The maximum atomic E-state index is 12.0. The van der Waals surface area contributed by atoms with E-state index in [1.165, 1.54) is 26.0 Å². The summed E-state index contributed by atoms with van der Waals surface area (Å²) in [5.74, 6) is 1.20. The van der Waals surface area contributed by atoms with Gasteiger partial charge in [0, 0.05) is 5.56 Å². The van der Waals surface area contributed by atoms with Crippen LogP contribution < -0.4 is 4.74 Å². The van der Waals surface area contributed by atoms with Gasteiger partial charge in [-0.3, -0.25) is 0 Å². The molecule has 2 rings (SSSR count). The van der Waals surface area contributed by atoms with Gasteiger partial charge in [-0.25, -0.2) is 4.79 Å². The fourth-order valence-electron chi connectivity index (χ4n) is 2.29. The monoisotopic (exact) mass is 326 g/mol. The molecule has 0 aromatic heterocycles. The van der Waals surface area contributed by atoms with Crippen molar-refractivity contribution in [2.75, 3.05) is 14.2 Å². The van der Waals surface area contributed by atoms with Crippen LogP contribution in [0.1, 0.15) is 30.9 Å². The fourth-order valence-corrected chi connectivity index (χ4v) is 2.29. The molecule has 0 aliphatic carbocycles. The summed E-state index contributed by atoms with van der Waals surface area (Å²) in [5, 5.41) is 0. The number of hydrogen-bond acceptors (Lipinski definition) is 4. The lowest BCUT2D eigenvalue weighted by Gasteiger charge is -2.14. The standard InChI is InChI=1S/C20H22O4/c1-14(2)15-8-7-9-16(12-15)24-19-11-6-5-10-17(19)18(13-22-3)20(21)23-4/h5-14H,1-4H3/b18-13+. The first-order valence-corrected chi connectivity index (χ1v) is 7.75. The van der Waals surface area contributed by atoms with Crippen molar-refractivity contribution in [1.82, 2.24) is 0 Å². The molecule has 24 heavy (non-hydrogen) atoms. The maximum Gasteiger partial charge on any atom is 0.341 e. The molecule has 0 fully saturated rings. The molecule has 0 atom stereocenters. The molecule has 0 spiro atoms. The minimum absolute atomic E-state index is 0.301. The van der Waals surface area contributed by atoms with Gasteiger partial charge in [-0.05, 0) is 29.7 Å². The summed E-state index contributed by atoms with van der Waals surface area (Å²) in [6, 6.07) is 15.2. The SMILES string of the molecule is CO/C=C(/C(=O)OC)c1ccccc1Oc1cccc(C(C)C)c1. The number of rotatable bonds is 6. The lowest BCUT2D eigenvalue weighted by Crippen LogP contribution is -2.05. The van der Waals surface area contributed by atoms with Crippen molar-refractivity contribution < 1.29 is 19.0 Å². The molecule has 0 aliphatic rings. The van der Waals surface area contributed by atoms with Crippen LogP contribution in [-0.2, 0) is 14.3 Å². The number of benzene rings is 2. The Morgan fingerprint density at radius 2 is 1.79 bits per heavy atom. The molecule has 0 unspecified atom stereocenters. The quantitative estimate of drug-likeness (QED) is 0.436. The van der Waals surface area contributed by atoms with Gasteiger partial charge in [0.05, 0.1) is 20.5 Å². The number of hydrogen-bond donors (Lipinski definition) is 0. The van der Waals surface area contributed by atoms with Crippen LogP contribution in [0.4, 0.5) is 0 Å². The smallest absolute Gasteiger partial charge is 0.341 e. The zero-order valence-electron chi connectivity index (χ0n) is 14.4. The molecule has 0 bridgehead atoms. The van der Waals surface area contributed by atoms with Crippen LogP contribution in [0, 0.1) is 0 Å². The highest BCUT2D eigenvalue weighted by Crippen LogP contribution is 2.32. The van der Waals surface area contributed by atoms with Gasteiger partial charge in [-0.15, -0.1) is 0 Å². The number of carbonyl (C=O) groups excluding carboxylic acids is 1. The average molecular weight is 326 g/mol. The number of ether oxygens (including phenoxy) is 3. The molecule has 0 saturated heterocycles. The Morgan fingerprint density at radius 1 is 1.04 bits per heavy atom. The molecule has 0 amide bonds. The van der Waals surface area contributed by atoms with E-state index in [0.717, 1.165) is 5.75 Å². The molecule has 2 aromatic carbocycles. The highest BCUT2D eigenvalue weighted by molar-refractivity contribution is 6.17. The first kappa shape index (κ1) is 17.6. The Kier molecular flexibility index (Phi) is 6.01. The fraction of sp³-hybridized carbons (Fsp3) is 0.250. The third-order valence-corrected chi connectivity index (χ3v) is 3.57. The van der Waals surface area contributed by atoms with E-state index < -0.39 is 5.97 Å². The van der Waals surface area contributed by atoms with E-state index in [4.69, 9.17) is 14.2 Å². The van der Waals surface area contributed by atoms with Crippen molar-refractivity contribution in [1.29, 1.82) is 0 Å². The average Bonchev–Trinajstić information content (AvgIpc) is 2.60. The third kappa shape index (κ3) is 4.16. The summed E-state index contributed by atoms with van der Waals surface area (Å²) in [6.45, 7) is 4.26. The predicted molar refractivity (Wildman–Crippen MR) is 94.0 cm³/mol. The summed E-state index contributed by atoms with van der Waals surface area (Å²) < 4.78 is 15.9. The Morgan fingerprint density at radius 3 is 2.46 bits per heavy atom. The number of carbonyl (C=O) groups is 1. The first-order valence-electron chi connectivity index (χ1n) is 7.75. The van der Waals surface area contributed by atoms with E-state index in [9.17, 15) is 4.79 Å². The van der Waals surface area contributed by atoms with Crippen LogP contribution >= 0.6 is 0 Å². The molecular formula is C20H22O4. The lowest BCUT2D eigenvalue weighted by atomic mass is 10.0. The van der Waals surface area contributed by atoms with Crippen LogP contribution in [0.15, 0.2) is 54.8 Å². The van der Waals surface area contributed by atoms with Crippen molar-refractivity contribution in [2.45, 2.75) is 19.8 Å². The van der Waals surface area contributed by atoms with E-state index in [2.05, 4.69) is 19.9 Å². The van der Waals surface area contributed by atoms with E-state index in [1.54, 1.807) is 6.07 Å². The molecule has 0 radical (unpaired) electrons. The van der Waals surface area contributed by atoms with Gasteiger partial charge in [-0.1, -0.05) is 44.2 Å². The van der Waals surface area contributed by atoms with E-state index in [0.29, 0.717) is 22.8 Å². The second kappa shape index (κ2) is 8.20. The molecule has 4 heteroatoms. The molecule has 2 aromatic rings. The van der Waals surface area contributed by atoms with Gasteiger partial charge in [0.2, 0.25) is 0 Å². The molecule has 0 heterocycles. The van der Waals surface area contributed by atoms with Crippen molar-refractivity contribution in [3.05, 3.63) is 65.9 Å². The van der Waals surface area contributed by atoms with E-state index in [-0.39, 0.29) is 0 Å². The summed E-state index contributed by atoms with van der Waals surface area (Å²) in [7, 11) is 2.82. The summed E-state index contributed by atoms with van der Waals surface area (Å²) in [4.78, 5) is 12.0. The minimum atomic E-state index is -0.483.